The van der Waals surface area contributed by atoms with Crippen LogP contribution in [-0.4, -0.2) is 23.9 Å². The smallest absolute Gasteiger partial charge is 0.186 e. The lowest BCUT2D eigenvalue weighted by atomic mass is 9.91. The van der Waals surface area contributed by atoms with Gasteiger partial charge in [-0.15, -0.1) is 0 Å². The van der Waals surface area contributed by atoms with Crippen LogP contribution >= 0.6 is 11.3 Å². The molecular formula is C14H24N4S. The fraction of sp³-hybridized carbons (Fsp3) is 0.714. The fourth-order valence-electron chi connectivity index (χ4n) is 2.40. The van der Waals surface area contributed by atoms with E-state index in [1.165, 1.54) is 25.7 Å². The normalized spacial score (nSPS) is 17.3. The average Bonchev–Trinajstić information content (AvgIpc) is 2.60. The van der Waals surface area contributed by atoms with E-state index in [4.69, 9.17) is 16.1 Å². The van der Waals surface area contributed by atoms with E-state index < -0.39 is 0 Å². The minimum absolute atomic E-state index is 0.0679. The molecule has 4 nitrogen and oxygen atoms in total. The number of anilines is 1. The van der Waals surface area contributed by atoms with Crippen molar-refractivity contribution in [2.24, 2.45) is 5.73 Å². The van der Waals surface area contributed by atoms with Crippen LogP contribution in [0.15, 0.2) is 0 Å². The summed E-state index contributed by atoms with van der Waals surface area (Å²) in [4.78, 5) is 7.99. The van der Waals surface area contributed by atoms with Gasteiger partial charge in [0.2, 0.25) is 0 Å². The van der Waals surface area contributed by atoms with E-state index in [0.29, 0.717) is 0 Å². The van der Waals surface area contributed by atoms with Gasteiger partial charge in [-0.2, -0.15) is 0 Å². The van der Waals surface area contributed by atoms with Crippen molar-refractivity contribution >= 4 is 22.3 Å². The third-order valence-electron chi connectivity index (χ3n) is 3.45. The number of hydrogen-bond donors (Lipinski definition) is 2. The number of aromatic nitrogens is 1. The van der Waals surface area contributed by atoms with Gasteiger partial charge in [-0.25, -0.2) is 4.98 Å². The second-order valence-electron chi connectivity index (χ2n) is 6.24. The lowest BCUT2D eigenvalue weighted by Crippen LogP contribution is -2.24. The second kappa shape index (κ2) is 5.49. The van der Waals surface area contributed by atoms with Gasteiger partial charge in [0.1, 0.15) is 5.84 Å². The van der Waals surface area contributed by atoms with Gasteiger partial charge in [-0.1, -0.05) is 44.9 Å². The second-order valence-corrected chi connectivity index (χ2v) is 7.22. The summed E-state index contributed by atoms with van der Waals surface area (Å²) >= 11 is 1.58. The van der Waals surface area contributed by atoms with Crippen LogP contribution < -0.4 is 10.6 Å². The van der Waals surface area contributed by atoms with Crippen LogP contribution in [0.25, 0.3) is 0 Å². The Morgan fingerprint density at radius 3 is 2.21 bits per heavy atom. The zero-order valence-corrected chi connectivity index (χ0v) is 12.9. The summed E-state index contributed by atoms with van der Waals surface area (Å²) in [5.74, 6) is 0.142. The highest BCUT2D eigenvalue weighted by Crippen LogP contribution is 2.34. The van der Waals surface area contributed by atoms with Crippen molar-refractivity contribution in [3.05, 3.63) is 10.6 Å². The standard InChI is InChI=1S/C14H24N4S/c1-14(2,3)11-10(12(15)16)19-13(17-11)18-8-6-4-5-7-9-18/h4-9H2,1-3H3,(H3,15,16). The van der Waals surface area contributed by atoms with E-state index >= 15 is 0 Å². The first-order valence-electron chi connectivity index (χ1n) is 7.00. The molecule has 1 saturated heterocycles. The number of rotatable bonds is 2. The minimum atomic E-state index is -0.0679. The van der Waals surface area contributed by atoms with Gasteiger partial charge in [-0.3, -0.25) is 5.41 Å². The van der Waals surface area contributed by atoms with E-state index in [-0.39, 0.29) is 11.3 Å². The van der Waals surface area contributed by atoms with Crippen LogP contribution in [0.5, 0.6) is 0 Å². The molecule has 1 aromatic heterocycles. The number of nitrogens with two attached hydrogens (primary N) is 1. The summed E-state index contributed by atoms with van der Waals surface area (Å²) in [7, 11) is 0. The summed E-state index contributed by atoms with van der Waals surface area (Å²) in [5, 5.41) is 8.80. The molecular weight excluding hydrogens is 256 g/mol. The van der Waals surface area contributed by atoms with Crippen molar-refractivity contribution in [3.63, 3.8) is 0 Å². The molecule has 0 aromatic carbocycles. The van der Waals surface area contributed by atoms with Crippen molar-refractivity contribution < 1.29 is 0 Å². The summed E-state index contributed by atoms with van der Waals surface area (Å²) in [6.07, 6.45) is 5.10. The Hall–Kier alpha value is -1.10. The van der Waals surface area contributed by atoms with Gasteiger partial charge >= 0.3 is 0 Å². The van der Waals surface area contributed by atoms with Crippen LogP contribution in [0.3, 0.4) is 0 Å². The van der Waals surface area contributed by atoms with Crippen molar-refractivity contribution in [1.82, 2.24) is 4.98 Å². The van der Waals surface area contributed by atoms with Crippen molar-refractivity contribution in [2.75, 3.05) is 18.0 Å². The van der Waals surface area contributed by atoms with Gasteiger partial charge in [0.05, 0.1) is 10.6 Å². The quantitative estimate of drug-likeness (QED) is 0.646. The first kappa shape index (κ1) is 14.3. The molecule has 106 valence electrons. The van der Waals surface area contributed by atoms with Gasteiger partial charge in [0.15, 0.2) is 5.13 Å². The minimum Gasteiger partial charge on any atom is -0.383 e. The van der Waals surface area contributed by atoms with Crippen LogP contribution in [0.2, 0.25) is 0 Å². The summed E-state index contributed by atoms with van der Waals surface area (Å²) in [6, 6.07) is 0. The first-order valence-corrected chi connectivity index (χ1v) is 7.82. The lowest BCUT2D eigenvalue weighted by molar-refractivity contribution is 0.571. The molecule has 0 atom stereocenters. The van der Waals surface area contributed by atoms with Crippen LogP contribution in [0.4, 0.5) is 5.13 Å². The summed E-state index contributed by atoms with van der Waals surface area (Å²) < 4.78 is 0. The van der Waals surface area contributed by atoms with Crippen molar-refractivity contribution in [2.45, 2.75) is 51.9 Å². The van der Waals surface area contributed by atoms with Gasteiger partial charge in [0, 0.05) is 18.5 Å². The molecule has 19 heavy (non-hydrogen) atoms. The van der Waals surface area contributed by atoms with Gasteiger partial charge in [-0.05, 0) is 12.8 Å². The molecule has 0 unspecified atom stereocenters. The molecule has 1 aliphatic heterocycles. The molecule has 1 aliphatic rings. The largest absolute Gasteiger partial charge is 0.383 e. The number of hydrogen-bond acceptors (Lipinski definition) is 4. The molecule has 2 rings (SSSR count). The topological polar surface area (TPSA) is 66.0 Å². The van der Waals surface area contributed by atoms with E-state index in [2.05, 4.69) is 25.7 Å². The molecule has 0 radical (unpaired) electrons. The molecule has 0 aliphatic carbocycles. The molecule has 1 fully saturated rings. The van der Waals surface area contributed by atoms with Crippen molar-refractivity contribution in [3.8, 4) is 0 Å². The highest BCUT2D eigenvalue weighted by atomic mass is 32.1. The van der Waals surface area contributed by atoms with Crippen LogP contribution in [-0.2, 0) is 5.41 Å². The maximum Gasteiger partial charge on any atom is 0.186 e. The van der Waals surface area contributed by atoms with Gasteiger partial charge in [0.25, 0.3) is 0 Å². The number of nitrogens with one attached hydrogen (secondary N) is 1. The maximum atomic E-state index is 7.76. The Morgan fingerprint density at radius 2 is 1.79 bits per heavy atom. The van der Waals surface area contributed by atoms with Crippen LogP contribution in [0.1, 0.15) is 57.0 Å². The zero-order valence-electron chi connectivity index (χ0n) is 12.1. The van der Waals surface area contributed by atoms with E-state index in [9.17, 15) is 0 Å². The monoisotopic (exact) mass is 280 g/mol. The predicted molar refractivity (Wildman–Crippen MR) is 82.5 cm³/mol. The molecule has 0 bridgehead atoms. The Labute approximate surface area is 119 Å². The Balaban J connectivity index is 2.34. The number of amidine groups is 1. The molecule has 2 heterocycles. The van der Waals surface area contributed by atoms with Crippen LogP contribution in [0, 0.1) is 5.41 Å². The number of nitrogen functional groups attached to an aromatic ring is 1. The average molecular weight is 280 g/mol. The summed E-state index contributed by atoms with van der Waals surface area (Å²) in [6.45, 7) is 8.53. The lowest BCUT2D eigenvalue weighted by Gasteiger charge is -2.19. The van der Waals surface area contributed by atoms with E-state index in [1.54, 1.807) is 11.3 Å². The SMILES string of the molecule is CC(C)(C)c1nc(N2CCCCCC2)sc1C(=N)N. The number of nitrogens with zero attached hydrogens (tertiary/aromatic N) is 2. The molecule has 5 heteroatoms. The fourth-order valence-corrected chi connectivity index (χ4v) is 3.59. The molecule has 1 aromatic rings. The Morgan fingerprint density at radius 1 is 1.21 bits per heavy atom. The maximum absolute atomic E-state index is 7.76. The zero-order chi connectivity index (χ0) is 14.0. The van der Waals surface area contributed by atoms with Gasteiger partial charge < -0.3 is 10.6 Å². The van der Waals surface area contributed by atoms with E-state index in [1.807, 2.05) is 0 Å². The third-order valence-corrected chi connectivity index (χ3v) is 4.60. The highest BCUT2D eigenvalue weighted by molar-refractivity contribution is 7.17. The Kier molecular flexibility index (Phi) is 4.13. The third kappa shape index (κ3) is 3.26. The summed E-state index contributed by atoms with van der Waals surface area (Å²) in [5.41, 5.74) is 6.61. The van der Waals surface area contributed by atoms with Crippen molar-refractivity contribution in [1.29, 1.82) is 5.41 Å². The Bertz CT molecular complexity index is 451. The van der Waals surface area contributed by atoms with E-state index in [0.717, 1.165) is 28.8 Å². The molecule has 0 amide bonds. The molecule has 3 N–H and O–H groups in total. The molecule has 0 spiro atoms. The highest BCUT2D eigenvalue weighted by Gasteiger charge is 2.26. The molecule has 0 saturated carbocycles. The predicted octanol–water partition coefficient (Wildman–Crippen LogP) is 3.11. The number of thiazole rings is 1. The first-order chi connectivity index (χ1) is 8.89.